The third-order valence-corrected chi connectivity index (χ3v) is 2.13. The molecule has 0 aliphatic carbocycles. The molecule has 0 saturated carbocycles. The van der Waals surface area contributed by atoms with E-state index >= 15 is 0 Å². The number of likely N-dealkylation sites (N-methyl/N-ethyl adjacent to an activating group) is 1. The lowest BCUT2D eigenvalue weighted by atomic mass is 10.3. The van der Waals surface area contributed by atoms with Crippen LogP contribution in [0.15, 0.2) is 24.3 Å². The summed E-state index contributed by atoms with van der Waals surface area (Å²) in [4.78, 5) is 0. The van der Waals surface area contributed by atoms with E-state index in [1.807, 2.05) is 31.3 Å². The summed E-state index contributed by atoms with van der Waals surface area (Å²) in [6, 6.07) is 7.81. The molecule has 13 heavy (non-hydrogen) atoms. The molecule has 0 radical (unpaired) electrons. The summed E-state index contributed by atoms with van der Waals surface area (Å²) in [6.07, 6.45) is 0. The standard InChI is InChI=1S/C10H14ClNO/c1-8(12-2)7-13-10-6-4-3-5-9(10)11/h3-6,8,12H,7H2,1-2H3. The molecule has 1 rings (SSSR count). The second-order valence-electron chi connectivity index (χ2n) is 2.93. The predicted octanol–water partition coefficient (Wildman–Crippen LogP) is 2.33. The molecule has 2 nitrogen and oxygen atoms in total. The molecule has 0 aliphatic heterocycles. The van der Waals surface area contributed by atoms with Crippen molar-refractivity contribution in [2.24, 2.45) is 0 Å². The zero-order chi connectivity index (χ0) is 9.68. The Morgan fingerprint density at radius 3 is 2.77 bits per heavy atom. The molecule has 0 heterocycles. The topological polar surface area (TPSA) is 21.3 Å². The highest BCUT2D eigenvalue weighted by atomic mass is 35.5. The van der Waals surface area contributed by atoms with Crippen molar-refractivity contribution < 1.29 is 4.74 Å². The van der Waals surface area contributed by atoms with E-state index in [0.717, 1.165) is 5.75 Å². The Labute approximate surface area is 83.9 Å². The van der Waals surface area contributed by atoms with Crippen molar-refractivity contribution in [1.29, 1.82) is 0 Å². The molecule has 72 valence electrons. The summed E-state index contributed by atoms with van der Waals surface area (Å²) < 4.78 is 5.50. The fraction of sp³-hybridized carbons (Fsp3) is 0.400. The fourth-order valence-electron chi connectivity index (χ4n) is 0.860. The maximum atomic E-state index is 5.91. The van der Waals surface area contributed by atoms with E-state index in [-0.39, 0.29) is 0 Å². The van der Waals surface area contributed by atoms with E-state index in [9.17, 15) is 0 Å². The number of nitrogens with one attached hydrogen (secondary N) is 1. The highest BCUT2D eigenvalue weighted by Gasteiger charge is 2.02. The third-order valence-electron chi connectivity index (χ3n) is 1.82. The number of hydrogen-bond acceptors (Lipinski definition) is 2. The Hall–Kier alpha value is -0.730. The van der Waals surface area contributed by atoms with Crippen LogP contribution in [0.4, 0.5) is 0 Å². The Morgan fingerprint density at radius 2 is 2.15 bits per heavy atom. The first kappa shape index (κ1) is 10.4. The Balaban J connectivity index is 2.50. The zero-order valence-electron chi connectivity index (χ0n) is 7.88. The normalized spacial score (nSPS) is 12.5. The lowest BCUT2D eigenvalue weighted by Crippen LogP contribution is -2.28. The van der Waals surface area contributed by atoms with Gasteiger partial charge in [-0.15, -0.1) is 0 Å². The molecule has 3 heteroatoms. The molecule has 0 bridgehead atoms. The first-order valence-corrected chi connectivity index (χ1v) is 4.66. The molecule has 0 amide bonds. The summed E-state index contributed by atoms with van der Waals surface area (Å²) in [5, 5.41) is 3.74. The Morgan fingerprint density at radius 1 is 1.46 bits per heavy atom. The van der Waals surface area contributed by atoms with Crippen LogP contribution in [0.25, 0.3) is 0 Å². The van der Waals surface area contributed by atoms with E-state index in [4.69, 9.17) is 16.3 Å². The maximum absolute atomic E-state index is 5.91. The predicted molar refractivity (Wildman–Crippen MR) is 55.5 cm³/mol. The van der Waals surface area contributed by atoms with Gasteiger partial charge in [-0.25, -0.2) is 0 Å². The zero-order valence-corrected chi connectivity index (χ0v) is 8.64. The van der Waals surface area contributed by atoms with Crippen molar-refractivity contribution in [1.82, 2.24) is 5.32 Å². The fourth-order valence-corrected chi connectivity index (χ4v) is 1.05. The molecule has 1 N–H and O–H groups in total. The number of halogens is 1. The van der Waals surface area contributed by atoms with Gasteiger partial charge in [-0.1, -0.05) is 23.7 Å². The number of ether oxygens (including phenoxy) is 1. The van der Waals surface area contributed by atoms with E-state index in [2.05, 4.69) is 12.2 Å². The second kappa shape index (κ2) is 5.10. The SMILES string of the molecule is CNC(C)COc1ccccc1Cl. The van der Waals surface area contributed by atoms with Crippen LogP contribution in [0, 0.1) is 0 Å². The number of para-hydroxylation sites is 1. The molecule has 0 aliphatic rings. The van der Waals surface area contributed by atoms with E-state index in [0.29, 0.717) is 17.7 Å². The quantitative estimate of drug-likeness (QED) is 0.804. The van der Waals surface area contributed by atoms with Crippen LogP contribution < -0.4 is 10.1 Å². The number of rotatable bonds is 4. The molecule has 0 aromatic heterocycles. The van der Waals surface area contributed by atoms with E-state index in [1.54, 1.807) is 0 Å². The van der Waals surface area contributed by atoms with Gasteiger partial charge in [0.1, 0.15) is 12.4 Å². The molecule has 0 spiro atoms. The smallest absolute Gasteiger partial charge is 0.137 e. The minimum atomic E-state index is 0.330. The highest BCUT2D eigenvalue weighted by molar-refractivity contribution is 6.32. The third kappa shape index (κ3) is 3.25. The summed E-state index contributed by atoms with van der Waals surface area (Å²) in [7, 11) is 1.90. The number of hydrogen-bond donors (Lipinski definition) is 1. The molecule has 0 fully saturated rings. The van der Waals surface area contributed by atoms with Crippen LogP contribution in [0.1, 0.15) is 6.92 Å². The lowest BCUT2D eigenvalue weighted by molar-refractivity contribution is 0.280. The van der Waals surface area contributed by atoms with Crippen molar-refractivity contribution in [3.05, 3.63) is 29.3 Å². The first-order chi connectivity index (χ1) is 6.24. The largest absolute Gasteiger partial charge is 0.490 e. The summed E-state index contributed by atoms with van der Waals surface area (Å²) in [5.74, 6) is 0.742. The van der Waals surface area contributed by atoms with Crippen LogP contribution in [0.5, 0.6) is 5.75 Å². The first-order valence-electron chi connectivity index (χ1n) is 4.28. The van der Waals surface area contributed by atoms with Gasteiger partial charge >= 0.3 is 0 Å². The van der Waals surface area contributed by atoms with Crippen molar-refractivity contribution in [2.75, 3.05) is 13.7 Å². The van der Waals surface area contributed by atoms with Crippen LogP contribution >= 0.6 is 11.6 Å². The molecule has 1 aromatic carbocycles. The van der Waals surface area contributed by atoms with Crippen molar-refractivity contribution in [2.45, 2.75) is 13.0 Å². The number of benzene rings is 1. The van der Waals surface area contributed by atoms with Crippen LogP contribution in [0.2, 0.25) is 5.02 Å². The second-order valence-corrected chi connectivity index (χ2v) is 3.34. The molecule has 1 unspecified atom stereocenters. The van der Waals surface area contributed by atoms with Gasteiger partial charge in [-0.3, -0.25) is 0 Å². The van der Waals surface area contributed by atoms with Crippen LogP contribution in [-0.2, 0) is 0 Å². The van der Waals surface area contributed by atoms with Gasteiger partial charge in [-0.2, -0.15) is 0 Å². The minimum absolute atomic E-state index is 0.330. The van der Waals surface area contributed by atoms with Crippen molar-refractivity contribution >= 4 is 11.6 Å². The maximum Gasteiger partial charge on any atom is 0.137 e. The highest BCUT2D eigenvalue weighted by Crippen LogP contribution is 2.22. The van der Waals surface area contributed by atoms with Gasteiger partial charge in [0.2, 0.25) is 0 Å². The Kier molecular flexibility index (Phi) is 4.06. The van der Waals surface area contributed by atoms with Crippen molar-refractivity contribution in [3.63, 3.8) is 0 Å². The monoisotopic (exact) mass is 199 g/mol. The van der Waals surface area contributed by atoms with Gasteiger partial charge in [0.15, 0.2) is 0 Å². The molecule has 0 saturated heterocycles. The average Bonchev–Trinajstić information content (AvgIpc) is 2.16. The summed E-state index contributed by atoms with van der Waals surface area (Å²) in [6.45, 7) is 2.68. The van der Waals surface area contributed by atoms with Crippen LogP contribution in [-0.4, -0.2) is 19.7 Å². The summed E-state index contributed by atoms with van der Waals surface area (Å²) in [5.41, 5.74) is 0. The van der Waals surface area contributed by atoms with Gasteiger partial charge in [0.05, 0.1) is 5.02 Å². The van der Waals surface area contributed by atoms with Gasteiger partial charge < -0.3 is 10.1 Å². The van der Waals surface area contributed by atoms with Gasteiger partial charge in [0.25, 0.3) is 0 Å². The van der Waals surface area contributed by atoms with Gasteiger partial charge in [0, 0.05) is 6.04 Å². The molecular formula is C10H14ClNO. The van der Waals surface area contributed by atoms with Crippen LogP contribution in [0.3, 0.4) is 0 Å². The minimum Gasteiger partial charge on any atom is -0.490 e. The Bertz CT molecular complexity index is 265. The van der Waals surface area contributed by atoms with E-state index < -0.39 is 0 Å². The molecule has 1 atom stereocenters. The van der Waals surface area contributed by atoms with Gasteiger partial charge in [-0.05, 0) is 26.1 Å². The molecular weight excluding hydrogens is 186 g/mol. The van der Waals surface area contributed by atoms with Crippen molar-refractivity contribution in [3.8, 4) is 5.75 Å². The average molecular weight is 200 g/mol. The van der Waals surface area contributed by atoms with E-state index in [1.165, 1.54) is 0 Å². The molecule has 1 aromatic rings. The lowest BCUT2D eigenvalue weighted by Gasteiger charge is -2.12. The summed E-state index contributed by atoms with van der Waals surface area (Å²) >= 11 is 5.91.